The molecular weight excluding hydrogens is 280 g/mol. The summed E-state index contributed by atoms with van der Waals surface area (Å²) >= 11 is 0. The van der Waals surface area contributed by atoms with Gasteiger partial charge in [-0.15, -0.1) is 0 Å². The summed E-state index contributed by atoms with van der Waals surface area (Å²) in [6.45, 7) is 6.95. The van der Waals surface area contributed by atoms with Crippen molar-refractivity contribution in [2.75, 3.05) is 47.6 Å². The van der Waals surface area contributed by atoms with E-state index in [0.29, 0.717) is 12.2 Å². The van der Waals surface area contributed by atoms with E-state index in [9.17, 15) is 0 Å². The predicted octanol–water partition coefficient (Wildman–Crippen LogP) is 2.20. The topological polar surface area (TPSA) is 34.2 Å². The van der Waals surface area contributed by atoms with Crippen LogP contribution in [0.3, 0.4) is 0 Å². The Kier molecular flexibility index (Phi) is 4.19. The lowest BCUT2D eigenvalue weighted by molar-refractivity contribution is 0.173. The van der Waals surface area contributed by atoms with Crippen LogP contribution in [-0.2, 0) is 6.54 Å². The summed E-state index contributed by atoms with van der Waals surface area (Å²) in [7, 11) is 6.08. The van der Waals surface area contributed by atoms with E-state index in [1.54, 1.807) is 7.11 Å². The van der Waals surface area contributed by atoms with Gasteiger partial charge in [0.2, 0.25) is 6.79 Å². The van der Waals surface area contributed by atoms with Crippen LogP contribution in [0.5, 0.6) is 17.2 Å². The van der Waals surface area contributed by atoms with Gasteiger partial charge < -0.3 is 24.0 Å². The van der Waals surface area contributed by atoms with E-state index in [4.69, 9.17) is 14.2 Å². The summed E-state index contributed by atoms with van der Waals surface area (Å²) in [5.41, 5.74) is 1.51. The monoisotopic (exact) mass is 306 g/mol. The number of rotatable bonds is 5. The highest BCUT2D eigenvalue weighted by molar-refractivity contribution is 5.51. The number of hydrogen-bond acceptors (Lipinski definition) is 5. The molecule has 2 heterocycles. The molecule has 0 aliphatic carbocycles. The lowest BCUT2D eigenvalue weighted by Crippen LogP contribution is -2.35. The van der Waals surface area contributed by atoms with E-state index >= 15 is 0 Å². The molecule has 2 aliphatic rings. The molecule has 1 aromatic rings. The van der Waals surface area contributed by atoms with E-state index in [0.717, 1.165) is 42.4 Å². The number of benzene rings is 1. The molecule has 0 unspecified atom stereocenters. The molecule has 0 bridgehead atoms. The fourth-order valence-corrected chi connectivity index (χ4v) is 3.68. The summed E-state index contributed by atoms with van der Waals surface area (Å²) in [5.74, 6) is 2.45. The summed E-state index contributed by atoms with van der Waals surface area (Å²) in [6, 6.07) is 3.97. The van der Waals surface area contributed by atoms with Gasteiger partial charge in [0.15, 0.2) is 11.5 Å². The Hall–Kier alpha value is -1.46. The van der Waals surface area contributed by atoms with Crippen LogP contribution >= 0.6 is 0 Å². The largest absolute Gasteiger partial charge is 0.496 e. The molecule has 5 heteroatoms. The summed E-state index contributed by atoms with van der Waals surface area (Å²) in [5, 5.41) is 0. The minimum Gasteiger partial charge on any atom is -0.496 e. The molecular formula is C17H26N2O3. The highest BCUT2D eigenvalue weighted by Gasteiger charge is 2.33. The van der Waals surface area contributed by atoms with Crippen molar-refractivity contribution < 1.29 is 14.2 Å². The molecule has 122 valence electrons. The molecule has 1 atom stereocenters. The van der Waals surface area contributed by atoms with Crippen molar-refractivity contribution in [2.45, 2.75) is 19.9 Å². The van der Waals surface area contributed by atoms with Gasteiger partial charge in [0, 0.05) is 31.3 Å². The lowest BCUT2D eigenvalue weighted by atomic mass is 9.89. The first-order valence-electron chi connectivity index (χ1n) is 7.83. The van der Waals surface area contributed by atoms with Crippen LogP contribution in [-0.4, -0.2) is 57.4 Å². The van der Waals surface area contributed by atoms with Gasteiger partial charge in [-0.1, -0.05) is 6.92 Å². The molecule has 0 aromatic heterocycles. The van der Waals surface area contributed by atoms with Crippen molar-refractivity contribution in [3.05, 3.63) is 17.7 Å². The minimum absolute atomic E-state index is 0.294. The quantitative estimate of drug-likeness (QED) is 0.833. The van der Waals surface area contributed by atoms with Crippen molar-refractivity contribution in [1.29, 1.82) is 0 Å². The molecule has 3 rings (SSSR count). The summed E-state index contributed by atoms with van der Waals surface area (Å²) < 4.78 is 16.4. The summed E-state index contributed by atoms with van der Waals surface area (Å²) in [6.07, 6.45) is 1.26. The SMILES string of the molecule is COc1cc2c(cc1CN(C)C[C@]1(C)CCN(C)C1)OCO2. The van der Waals surface area contributed by atoms with Gasteiger partial charge in [0.05, 0.1) is 7.11 Å². The zero-order valence-corrected chi connectivity index (χ0v) is 14.0. The maximum atomic E-state index is 5.51. The van der Waals surface area contributed by atoms with Gasteiger partial charge >= 0.3 is 0 Å². The number of fused-ring (bicyclic) bond motifs is 1. The zero-order chi connectivity index (χ0) is 15.7. The van der Waals surface area contributed by atoms with Gasteiger partial charge in [-0.05, 0) is 38.5 Å². The van der Waals surface area contributed by atoms with Crippen LogP contribution in [0, 0.1) is 5.41 Å². The van der Waals surface area contributed by atoms with Crippen molar-refractivity contribution in [2.24, 2.45) is 5.41 Å². The normalized spacial score (nSPS) is 24.2. The number of likely N-dealkylation sites (tertiary alicyclic amines) is 1. The third-order valence-corrected chi connectivity index (χ3v) is 4.62. The highest BCUT2D eigenvalue weighted by atomic mass is 16.7. The second-order valence-corrected chi connectivity index (χ2v) is 6.99. The first-order valence-corrected chi connectivity index (χ1v) is 7.83. The fraction of sp³-hybridized carbons (Fsp3) is 0.647. The first-order chi connectivity index (χ1) is 10.5. The zero-order valence-electron chi connectivity index (χ0n) is 14.0. The Balaban J connectivity index is 1.70. The summed E-state index contributed by atoms with van der Waals surface area (Å²) in [4.78, 5) is 4.79. The second-order valence-electron chi connectivity index (χ2n) is 6.99. The Morgan fingerprint density at radius 1 is 1.32 bits per heavy atom. The fourth-order valence-electron chi connectivity index (χ4n) is 3.68. The van der Waals surface area contributed by atoms with Crippen LogP contribution in [0.15, 0.2) is 12.1 Å². The van der Waals surface area contributed by atoms with Gasteiger partial charge in [-0.2, -0.15) is 0 Å². The van der Waals surface area contributed by atoms with Crippen LogP contribution < -0.4 is 14.2 Å². The maximum Gasteiger partial charge on any atom is 0.231 e. The number of methoxy groups -OCH3 is 1. The molecule has 0 radical (unpaired) electrons. The third kappa shape index (κ3) is 3.15. The van der Waals surface area contributed by atoms with Gasteiger partial charge in [0.1, 0.15) is 5.75 Å². The smallest absolute Gasteiger partial charge is 0.231 e. The lowest BCUT2D eigenvalue weighted by Gasteiger charge is -2.30. The Morgan fingerprint density at radius 2 is 2.05 bits per heavy atom. The molecule has 1 fully saturated rings. The predicted molar refractivity (Wildman–Crippen MR) is 85.7 cm³/mol. The molecule has 2 aliphatic heterocycles. The number of hydrogen-bond donors (Lipinski definition) is 0. The molecule has 0 saturated carbocycles. The molecule has 0 spiro atoms. The minimum atomic E-state index is 0.294. The number of nitrogens with zero attached hydrogens (tertiary/aromatic N) is 2. The van der Waals surface area contributed by atoms with E-state index in [1.807, 2.05) is 12.1 Å². The standard InChI is InChI=1S/C17H26N2O3/c1-17(5-6-18(2)10-17)11-19(3)9-13-7-15-16(22-12-21-15)8-14(13)20-4/h7-8H,5-6,9-12H2,1-4H3/t17-/m1/s1. The Labute approximate surface area is 132 Å². The van der Waals surface area contributed by atoms with Crippen LogP contribution in [0.4, 0.5) is 0 Å². The average Bonchev–Trinajstić information content (AvgIpc) is 3.03. The van der Waals surface area contributed by atoms with Crippen molar-refractivity contribution >= 4 is 0 Å². The first kappa shape index (κ1) is 15.4. The Morgan fingerprint density at radius 3 is 2.68 bits per heavy atom. The van der Waals surface area contributed by atoms with Crippen LogP contribution in [0.2, 0.25) is 0 Å². The van der Waals surface area contributed by atoms with Crippen LogP contribution in [0.25, 0.3) is 0 Å². The number of ether oxygens (including phenoxy) is 3. The van der Waals surface area contributed by atoms with E-state index in [2.05, 4.69) is 30.8 Å². The molecule has 1 saturated heterocycles. The second kappa shape index (κ2) is 5.97. The van der Waals surface area contributed by atoms with Gasteiger partial charge in [-0.3, -0.25) is 0 Å². The molecule has 22 heavy (non-hydrogen) atoms. The van der Waals surface area contributed by atoms with Crippen molar-refractivity contribution in [3.8, 4) is 17.2 Å². The van der Waals surface area contributed by atoms with Gasteiger partial charge in [0.25, 0.3) is 0 Å². The van der Waals surface area contributed by atoms with Crippen molar-refractivity contribution in [3.63, 3.8) is 0 Å². The molecule has 0 amide bonds. The van der Waals surface area contributed by atoms with E-state index in [1.165, 1.54) is 13.0 Å². The maximum absolute atomic E-state index is 5.51. The third-order valence-electron chi connectivity index (χ3n) is 4.62. The average molecular weight is 306 g/mol. The highest BCUT2D eigenvalue weighted by Crippen LogP contribution is 2.39. The Bertz CT molecular complexity index is 549. The van der Waals surface area contributed by atoms with Crippen LogP contribution in [0.1, 0.15) is 18.9 Å². The van der Waals surface area contributed by atoms with E-state index in [-0.39, 0.29) is 0 Å². The molecule has 1 aromatic carbocycles. The molecule has 0 N–H and O–H groups in total. The van der Waals surface area contributed by atoms with E-state index < -0.39 is 0 Å². The molecule has 5 nitrogen and oxygen atoms in total. The van der Waals surface area contributed by atoms with Crippen molar-refractivity contribution in [1.82, 2.24) is 9.80 Å². The van der Waals surface area contributed by atoms with Gasteiger partial charge in [-0.25, -0.2) is 0 Å².